The fraction of sp³-hybridized carbons (Fsp3) is 0.125. The fourth-order valence-electron chi connectivity index (χ4n) is 3.77. The Hall–Kier alpha value is -4.60. The van der Waals surface area contributed by atoms with E-state index in [0.717, 1.165) is 10.2 Å². The largest absolute Gasteiger partial charge is 0.350 e. The Kier molecular flexibility index (Phi) is 5.46. The first-order valence-electron chi connectivity index (χ1n) is 10.6. The number of hydrogen-bond acceptors (Lipinski definition) is 5. The minimum absolute atomic E-state index is 0.258. The summed E-state index contributed by atoms with van der Waals surface area (Å²) in [5.41, 5.74) is 1.68. The highest BCUT2D eigenvalue weighted by Gasteiger charge is 2.22. The van der Waals surface area contributed by atoms with Crippen LogP contribution in [0, 0.1) is 12.7 Å². The van der Waals surface area contributed by atoms with Crippen molar-refractivity contribution in [2.75, 3.05) is 0 Å². The quantitative estimate of drug-likeness (QED) is 0.422. The van der Waals surface area contributed by atoms with E-state index >= 15 is 0 Å². The molecule has 1 amide bonds. The van der Waals surface area contributed by atoms with E-state index in [4.69, 9.17) is 0 Å². The number of aromatic nitrogens is 6. The maximum absolute atomic E-state index is 14.0. The molecule has 0 saturated heterocycles. The van der Waals surface area contributed by atoms with Crippen molar-refractivity contribution in [1.82, 2.24) is 34.4 Å². The molecule has 0 atom stereocenters. The number of fused-ring (bicyclic) bond motifs is 1. The van der Waals surface area contributed by atoms with Crippen molar-refractivity contribution in [1.29, 1.82) is 0 Å². The second-order valence-electron chi connectivity index (χ2n) is 7.72. The fourth-order valence-corrected chi connectivity index (χ4v) is 3.77. The molecule has 0 saturated carbocycles. The lowest BCUT2D eigenvalue weighted by Gasteiger charge is -2.10. The Morgan fingerprint density at radius 2 is 1.91 bits per heavy atom. The van der Waals surface area contributed by atoms with Gasteiger partial charge in [0.1, 0.15) is 23.3 Å². The lowest BCUT2D eigenvalue weighted by Crippen LogP contribution is -2.34. The average molecular weight is 457 g/mol. The van der Waals surface area contributed by atoms with Crippen molar-refractivity contribution in [3.63, 3.8) is 0 Å². The molecule has 1 N–H and O–H groups in total. The number of aryl methyl sites for hydroxylation is 1. The summed E-state index contributed by atoms with van der Waals surface area (Å²) in [4.78, 5) is 30.1. The van der Waals surface area contributed by atoms with Gasteiger partial charge in [-0.25, -0.2) is 13.8 Å². The lowest BCUT2D eigenvalue weighted by molar-refractivity contribution is -0.122. The summed E-state index contributed by atoms with van der Waals surface area (Å²) >= 11 is 0. The number of rotatable bonds is 6. The van der Waals surface area contributed by atoms with Gasteiger partial charge in [-0.3, -0.25) is 14.6 Å². The predicted molar refractivity (Wildman–Crippen MR) is 123 cm³/mol. The molecule has 34 heavy (non-hydrogen) atoms. The third-order valence-electron chi connectivity index (χ3n) is 5.33. The Balaban J connectivity index is 1.58. The van der Waals surface area contributed by atoms with E-state index in [9.17, 15) is 14.0 Å². The molecule has 1 aromatic carbocycles. The number of hydrogen-bond donors (Lipinski definition) is 1. The summed E-state index contributed by atoms with van der Waals surface area (Å²) in [6.07, 6.45) is 6.85. The van der Waals surface area contributed by atoms with Gasteiger partial charge in [-0.15, -0.1) is 0 Å². The van der Waals surface area contributed by atoms with Crippen molar-refractivity contribution < 1.29 is 9.18 Å². The monoisotopic (exact) mass is 457 g/mol. The number of nitrogens with one attached hydrogen (secondary N) is 1. The summed E-state index contributed by atoms with van der Waals surface area (Å²) in [6, 6.07) is 13.2. The van der Waals surface area contributed by atoms with Crippen LogP contribution in [0.15, 0.2) is 78.1 Å². The van der Waals surface area contributed by atoms with Gasteiger partial charge in [0.25, 0.3) is 5.56 Å². The molecule has 10 heteroatoms. The maximum atomic E-state index is 14.0. The predicted octanol–water partition coefficient (Wildman–Crippen LogP) is 2.53. The summed E-state index contributed by atoms with van der Waals surface area (Å²) in [6.45, 7) is 1.75. The van der Waals surface area contributed by atoms with Crippen LogP contribution in [0.1, 0.15) is 11.3 Å². The van der Waals surface area contributed by atoms with Crippen LogP contribution in [-0.2, 0) is 17.9 Å². The van der Waals surface area contributed by atoms with E-state index in [-0.39, 0.29) is 24.4 Å². The maximum Gasteiger partial charge on any atom is 0.280 e. The Bertz CT molecular complexity index is 1540. The number of halogens is 1. The van der Waals surface area contributed by atoms with Gasteiger partial charge in [-0.2, -0.15) is 10.2 Å². The second-order valence-corrected chi connectivity index (χ2v) is 7.72. The Labute approximate surface area is 193 Å². The third kappa shape index (κ3) is 3.96. The zero-order valence-corrected chi connectivity index (χ0v) is 18.2. The van der Waals surface area contributed by atoms with Gasteiger partial charge in [0, 0.05) is 31.3 Å². The van der Waals surface area contributed by atoms with Gasteiger partial charge in [0.2, 0.25) is 5.91 Å². The van der Waals surface area contributed by atoms with Gasteiger partial charge >= 0.3 is 0 Å². The van der Waals surface area contributed by atoms with E-state index in [1.54, 1.807) is 54.5 Å². The highest BCUT2D eigenvalue weighted by atomic mass is 19.1. The molecule has 0 fully saturated rings. The third-order valence-corrected chi connectivity index (χ3v) is 5.33. The summed E-state index contributed by atoms with van der Waals surface area (Å²) in [7, 11) is 0. The normalized spacial score (nSPS) is 11.1. The first-order chi connectivity index (χ1) is 16.5. The summed E-state index contributed by atoms with van der Waals surface area (Å²) < 4.78 is 18.3. The molecule has 0 unspecified atom stereocenters. The molecule has 5 aromatic rings. The van der Waals surface area contributed by atoms with Gasteiger partial charge in [0.15, 0.2) is 5.82 Å². The highest BCUT2D eigenvalue weighted by molar-refractivity contribution is 5.88. The van der Waals surface area contributed by atoms with E-state index in [1.165, 1.54) is 16.8 Å². The number of carbonyl (C=O) groups is 1. The number of benzene rings is 1. The van der Waals surface area contributed by atoms with Gasteiger partial charge in [-0.1, -0.05) is 12.1 Å². The molecular weight excluding hydrogens is 437 g/mol. The molecule has 4 heterocycles. The molecule has 0 aliphatic carbocycles. The van der Waals surface area contributed by atoms with E-state index < -0.39 is 11.4 Å². The topological polar surface area (TPSA) is 99.6 Å². The van der Waals surface area contributed by atoms with E-state index in [2.05, 4.69) is 20.5 Å². The molecule has 9 nitrogen and oxygen atoms in total. The van der Waals surface area contributed by atoms with Crippen molar-refractivity contribution in [2.45, 2.75) is 20.0 Å². The number of carbonyl (C=O) groups excluding carboxylic acids is 1. The molecule has 0 radical (unpaired) electrons. The minimum atomic E-state index is -0.469. The van der Waals surface area contributed by atoms with Crippen LogP contribution < -0.4 is 10.9 Å². The first-order valence-corrected chi connectivity index (χ1v) is 10.6. The first kappa shape index (κ1) is 21.3. The van der Waals surface area contributed by atoms with Crippen LogP contribution in [-0.4, -0.2) is 35.0 Å². The zero-order valence-electron chi connectivity index (χ0n) is 18.2. The number of amides is 1. The molecule has 0 bridgehead atoms. The second kappa shape index (κ2) is 8.74. The molecule has 4 aromatic heterocycles. The minimum Gasteiger partial charge on any atom is -0.350 e. The molecule has 0 aliphatic rings. The molecule has 5 rings (SSSR count). The van der Waals surface area contributed by atoms with E-state index in [0.29, 0.717) is 22.7 Å². The molecule has 170 valence electrons. The van der Waals surface area contributed by atoms with Crippen molar-refractivity contribution in [3.05, 3.63) is 101 Å². The Morgan fingerprint density at radius 3 is 2.65 bits per heavy atom. The van der Waals surface area contributed by atoms with Crippen LogP contribution in [0.4, 0.5) is 4.39 Å². The van der Waals surface area contributed by atoms with E-state index in [1.807, 2.05) is 18.2 Å². The SMILES string of the molecule is Cc1nn(CC(=O)NCc2cccnc2)c(=O)c2c(-n3cccc3)n(-c3cccc(F)c3)nc12. The van der Waals surface area contributed by atoms with Crippen molar-refractivity contribution >= 4 is 16.8 Å². The molecule has 0 spiro atoms. The smallest absolute Gasteiger partial charge is 0.280 e. The number of nitrogens with zero attached hydrogens (tertiary/aromatic N) is 6. The standard InChI is InChI=1S/C24H20FN7O2/c1-16-22-21(24(34)31(28-16)15-20(33)27-14-17-6-5-9-26-13-17)23(30-10-2-3-11-30)32(29-22)19-8-4-7-18(25)12-19/h2-13H,14-15H2,1H3,(H,27,33). The van der Waals surface area contributed by atoms with Crippen LogP contribution in [0.5, 0.6) is 0 Å². The molecular formula is C24H20FN7O2. The van der Waals surface area contributed by atoms with Gasteiger partial charge in [-0.05, 0) is 48.9 Å². The highest BCUT2D eigenvalue weighted by Crippen LogP contribution is 2.24. The van der Waals surface area contributed by atoms with Gasteiger partial charge < -0.3 is 9.88 Å². The van der Waals surface area contributed by atoms with Crippen LogP contribution in [0.2, 0.25) is 0 Å². The van der Waals surface area contributed by atoms with Crippen molar-refractivity contribution in [3.8, 4) is 11.5 Å². The average Bonchev–Trinajstić information content (AvgIpc) is 3.50. The van der Waals surface area contributed by atoms with Crippen LogP contribution >= 0.6 is 0 Å². The zero-order chi connectivity index (χ0) is 23.7. The summed E-state index contributed by atoms with van der Waals surface area (Å²) in [5, 5.41) is 12.0. The van der Waals surface area contributed by atoms with Gasteiger partial charge in [0.05, 0.1) is 11.4 Å². The van der Waals surface area contributed by atoms with Crippen LogP contribution in [0.25, 0.3) is 22.4 Å². The molecule has 0 aliphatic heterocycles. The van der Waals surface area contributed by atoms with Crippen molar-refractivity contribution in [2.24, 2.45) is 0 Å². The lowest BCUT2D eigenvalue weighted by atomic mass is 10.2. The van der Waals surface area contributed by atoms with Crippen LogP contribution in [0.3, 0.4) is 0 Å². The Morgan fingerprint density at radius 1 is 1.09 bits per heavy atom. The number of pyridine rings is 1. The summed E-state index contributed by atoms with van der Waals surface area (Å²) in [5.74, 6) is -0.351.